The molecule has 1 rings (SSSR count). The third-order valence-corrected chi connectivity index (χ3v) is 6.69. The van der Waals surface area contributed by atoms with Crippen molar-refractivity contribution in [2.45, 2.75) is 78.1 Å². The quantitative estimate of drug-likeness (QED) is 0.317. The molecule has 0 spiro atoms. The maximum Gasteiger partial charge on any atom is 0.333 e. The number of amides is 2. The van der Waals surface area contributed by atoms with E-state index < -0.39 is 29.6 Å². The number of benzene rings is 1. The molecule has 8 heteroatoms. The normalized spacial score (nSPS) is 15.6. The third kappa shape index (κ3) is 7.90. The van der Waals surface area contributed by atoms with Crippen LogP contribution >= 0.6 is 0 Å². The number of nitrogens with one attached hydrogen (secondary N) is 2. The summed E-state index contributed by atoms with van der Waals surface area (Å²) in [5.41, 5.74) is 0.879. The molecule has 0 radical (unpaired) electrons. The molecule has 1 aromatic carbocycles. The van der Waals surface area contributed by atoms with Crippen LogP contribution in [0.5, 0.6) is 0 Å². The van der Waals surface area contributed by atoms with Gasteiger partial charge < -0.3 is 25.0 Å². The van der Waals surface area contributed by atoms with Gasteiger partial charge in [-0.15, -0.1) is 0 Å². The molecular weight excluding hydrogens is 458 g/mol. The molecule has 0 saturated heterocycles. The maximum absolute atomic E-state index is 13.7. The van der Waals surface area contributed by atoms with Gasteiger partial charge in [-0.25, -0.2) is 4.79 Å². The van der Waals surface area contributed by atoms with Crippen molar-refractivity contribution < 1.29 is 23.9 Å². The minimum absolute atomic E-state index is 0.0135. The fourth-order valence-electron chi connectivity index (χ4n) is 4.29. The maximum atomic E-state index is 13.7. The number of esters is 1. The summed E-state index contributed by atoms with van der Waals surface area (Å²) < 4.78 is 10.6. The summed E-state index contributed by atoms with van der Waals surface area (Å²) in [4.78, 5) is 40.9. The molecule has 202 valence electrons. The Morgan fingerprint density at radius 1 is 1.11 bits per heavy atom. The molecule has 8 nitrogen and oxygen atoms in total. The van der Waals surface area contributed by atoms with Gasteiger partial charge in [-0.2, -0.15) is 0 Å². The van der Waals surface area contributed by atoms with Crippen LogP contribution < -0.4 is 10.6 Å². The Balaban J connectivity index is 3.25. The Kier molecular flexibility index (Phi) is 12.3. The zero-order chi connectivity index (χ0) is 27.6. The molecule has 0 aliphatic heterocycles. The van der Waals surface area contributed by atoms with Crippen molar-refractivity contribution in [2.24, 2.45) is 5.92 Å². The van der Waals surface area contributed by atoms with Crippen LogP contribution in [0.3, 0.4) is 0 Å². The largest absolute Gasteiger partial charge is 0.463 e. The number of nitrogens with zero attached hydrogens (tertiary/aromatic N) is 1. The average Bonchev–Trinajstić information content (AvgIpc) is 2.85. The number of likely N-dealkylation sites (N-methyl/N-ethyl adjacent to an activating group) is 2. The van der Waals surface area contributed by atoms with Crippen molar-refractivity contribution in [1.29, 1.82) is 0 Å². The van der Waals surface area contributed by atoms with Crippen molar-refractivity contribution in [1.82, 2.24) is 15.5 Å². The van der Waals surface area contributed by atoms with Gasteiger partial charge in [0.25, 0.3) is 0 Å². The van der Waals surface area contributed by atoms with Gasteiger partial charge in [0, 0.05) is 25.1 Å². The standard InChI is InChI=1S/C28H45N3O5/c1-11-36-27(34)19(4)17-22(18(2)3)31(9)26(33)23(20(5)35-10)30-25(32)24(29-8)28(6,7)21-15-13-12-14-16-21/h12-18,20,22-24,29H,11H2,1-10H3,(H,30,32)/b19-17+/t20-,22-,23?,24-/m1/s1. The van der Waals surface area contributed by atoms with E-state index in [0.29, 0.717) is 5.57 Å². The SMILES string of the molecule is CCOC(=O)/C(C)=C/[C@H](C(C)C)N(C)C(=O)C(NC(=O)[C@@H](NC)C(C)(C)c1ccccc1)[C@@H](C)OC. The van der Waals surface area contributed by atoms with Gasteiger partial charge in [0.2, 0.25) is 11.8 Å². The van der Waals surface area contributed by atoms with E-state index in [-0.39, 0.29) is 30.4 Å². The second-order valence-corrected chi connectivity index (χ2v) is 9.99. The highest BCUT2D eigenvalue weighted by atomic mass is 16.5. The van der Waals surface area contributed by atoms with Gasteiger partial charge >= 0.3 is 5.97 Å². The van der Waals surface area contributed by atoms with Gasteiger partial charge in [-0.3, -0.25) is 9.59 Å². The smallest absolute Gasteiger partial charge is 0.333 e. The van der Waals surface area contributed by atoms with Crippen molar-refractivity contribution in [3.05, 3.63) is 47.5 Å². The minimum atomic E-state index is -0.924. The molecule has 4 atom stereocenters. The zero-order valence-corrected chi connectivity index (χ0v) is 23.5. The van der Waals surface area contributed by atoms with Crippen LogP contribution in [-0.2, 0) is 29.3 Å². The highest BCUT2D eigenvalue weighted by Crippen LogP contribution is 2.27. The van der Waals surface area contributed by atoms with Gasteiger partial charge in [-0.05, 0) is 39.3 Å². The first-order chi connectivity index (χ1) is 16.8. The van der Waals surface area contributed by atoms with Crippen molar-refractivity contribution in [3.8, 4) is 0 Å². The minimum Gasteiger partial charge on any atom is -0.463 e. The molecule has 0 heterocycles. The Bertz CT molecular complexity index is 898. The first kappa shape index (κ1) is 31.3. The molecular formula is C28H45N3O5. The first-order valence-electron chi connectivity index (χ1n) is 12.5. The van der Waals surface area contributed by atoms with Crippen molar-refractivity contribution in [3.63, 3.8) is 0 Å². The van der Waals surface area contributed by atoms with Gasteiger partial charge in [-0.1, -0.05) is 64.1 Å². The molecule has 1 unspecified atom stereocenters. The number of hydrogen-bond donors (Lipinski definition) is 2. The molecule has 2 N–H and O–H groups in total. The summed E-state index contributed by atoms with van der Waals surface area (Å²) in [5.74, 6) is -1.02. The fraction of sp³-hybridized carbons (Fsp3) is 0.607. The topological polar surface area (TPSA) is 97.0 Å². The molecule has 36 heavy (non-hydrogen) atoms. The number of hydrogen-bond acceptors (Lipinski definition) is 6. The van der Waals surface area contributed by atoms with Crippen LogP contribution in [0.1, 0.15) is 54.0 Å². The zero-order valence-electron chi connectivity index (χ0n) is 23.5. The Hall–Kier alpha value is -2.71. The highest BCUT2D eigenvalue weighted by Gasteiger charge is 2.39. The molecule has 0 saturated carbocycles. The fourth-order valence-corrected chi connectivity index (χ4v) is 4.29. The van der Waals surface area contributed by atoms with Gasteiger partial charge in [0.1, 0.15) is 6.04 Å². The van der Waals surface area contributed by atoms with Crippen LogP contribution in [-0.4, -0.2) is 74.7 Å². The van der Waals surface area contributed by atoms with Crippen LogP contribution in [0.25, 0.3) is 0 Å². The number of carbonyl (C=O) groups excluding carboxylic acids is 3. The lowest BCUT2D eigenvalue weighted by atomic mass is 9.77. The van der Waals surface area contributed by atoms with E-state index >= 15 is 0 Å². The third-order valence-electron chi connectivity index (χ3n) is 6.69. The number of methoxy groups -OCH3 is 1. The Morgan fingerprint density at radius 2 is 1.69 bits per heavy atom. The van der Waals surface area contributed by atoms with Crippen molar-refractivity contribution in [2.75, 3.05) is 27.8 Å². The number of carbonyl (C=O) groups is 3. The molecule has 0 aliphatic rings. The Labute approximate surface area is 216 Å². The van der Waals surface area contributed by atoms with E-state index in [0.717, 1.165) is 5.56 Å². The summed E-state index contributed by atoms with van der Waals surface area (Å²) >= 11 is 0. The second-order valence-electron chi connectivity index (χ2n) is 9.99. The molecule has 0 aromatic heterocycles. The summed E-state index contributed by atoms with van der Waals surface area (Å²) in [6, 6.07) is 7.87. The lowest BCUT2D eigenvalue weighted by Crippen LogP contribution is -2.61. The van der Waals surface area contributed by atoms with Gasteiger partial charge in [0.05, 0.1) is 24.8 Å². The average molecular weight is 504 g/mol. The van der Waals surface area contributed by atoms with E-state index in [2.05, 4.69) is 10.6 Å². The summed E-state index contributed by atoms with van der Waals surface area (Å²) in [6.45, 7) is 13.4. The summed E-state index contributed by atoms with van der Waals surface area (Å²) in [6.07, 6.45) is 1.16. The summed E-state index contributed by atoms with van der Waals surface area (Å²) in [5, 5.41) is 6.06. The molecule has 0 aliphatic carbocycles. The monoisotopic (exact) mass is 503 g/mol. The van der Waals surface area contributed by atoms with E-state index in [4.69, 9.17) is 9.47 Å². The number of ether oxygens (including phenoxy) is 2. The lowest BCUT2D eigenvalue weighted by Gasteiger charge is -2.37. The molecule has 2 amide bonds. The Morgan fingerprint density at radius 3 is 2.17 bits per heavy atom. The van der Waals surface area contributed by atoms with E-state index in [1.54, 1.807) is 45.8 Å². The first-order valence-corrected chi connectivity index (χ1v) is 12.5. The van der Waals surface area contributed by atoms with Crippen molar-refractivity contribution >= 4 is 17.8 Å². The second kappa shape index (κ2) is 14.1. The van der Waals surface area contributed by atoms with E-state index in [1.165, 1.54) is 7.11 Å². The molecule has 0 fully saturated rings. The lowest BCUT2D eigenvalue weighted by molar-refractivity contribution is -0.141. The number of rotatable bonds is 13. The predicted octanol–water partition coefficient (Wildman–Crippen LogP) is 3.06. The van der Waals surface area contributed by atoms with Crippen LogP contribution in [0.2, 0.25) is 0 Å². The van der Waals surface area contributed by atoms with Crippen LogP contribution in [0.4, 0.5) is 0 Å². The van der Waals surface area contributed by atoms with E-state index in [1.807, 2.05) is 58.0 Å². The molecule has 1 aromatic rings. The van der Waals surface area contributed by atoms with E-state index in [9.17, 15) is 14.4 Å². The van der Waals surface area contributed by atoms with Gasteiger partial charge in [0.15, 0.2) is 0 Å². The predicted molar refractivity (Wildman–Crippen MR) is 143 cm³/mol. The molecule has 0 bridgehead atoms. The van der Waals surface area contributed by atoms with Crippen LogP contribution in [0.15, 0.2) is 42.0 Å². The highest BCUT2D eigenvalue weighted by molar-refractivity contribution is 5.91. The summed E-state index contributed by atoms with van der Waals surface area (Å²) in [7, 11) is 4.91. The van der Waals surface area contributed by atoms with Crippen LogP contribution in [0, 0.1) is 5.92 Å².